The smallest absolute Gasteiger partial charge is 0.222 e. The molecule has 4 nitrogen and oxygen atoms in total. The predicted molar refractivity (Wildman–Crippen MR) is 66.1 cm³/mol. The lowest BCUT2D eigenvalue weighted by molar-refractivity contribution is 0.345. The van der Waals surface area contributed by atoms with Crippen LogP contribution in [0.25, 0.3) is 0 Å². The normalized spacial score (nSPS) is 17.2. The van der Waals surface area contributed by atoms with Crippen molar-refractivity contribution in [1.29, 1.82) is 0 Å². The van der Waals surface area contributed by atoms with Gasteiger partial charge in [-0.3, -0.25) is 0 Å². The second kappa shape index (κ2) is 5.68. The standard InChI is InChI=1S/C12H20N4/c13-11-8-15-12(16-9-11)14-7-6-10-4-2-1-3-5-10/h8-10H,1-7,13H2,(H,14,15,16). The van der Waals surface area contributed by atoms with E-state index < -0.39 is 0 Å². The molecule has 16 heavy (non-hydrogen) atoms. The molecule has 88 valence electrons. The van der Waals surface area contributed by atoms with Gasteiger partial charge in [-0.1, -0.05) is 32.1 Å². The molecule has 0 saturated heterocycles. The molecule has 4 heteroatoms. The number of hydrogen-bond acceptors (Lipinski definition) is 4. The van der Waals surface area contributed by atoms with E-state index in [9.17, 15) is 0 Å². The summed E-state index contributed by atoms with van der Waals surface area (Å²) in [6, 6.07) is 0. The summed E-state index contributed by atoms with van der Waals surface area (Å²) in [6.07, 6.45) is 11.5. The van der Waals surface area contributed by atoms with E-state index in [1.54, 1.807) is 12.4 Å². The third kappa shape index (κ3) is 3.36. The molecule has 0 bridgehead atoms. The molecule has 0 aliphatic heterocycles. The van der Waals surface area contributed by atoms with E-state index >= 15 is 0 Å². The molecule has 3 N–H and O–H groups in total. The van der Waals surface area contributed by atoms with Gasteiger partial charge in [-0.15, -0.1) is 0 Å². The number of nitrogen functional groups attached to an aromatic ring is 1. The molecule has 1 aliphatic rings. The monoisotopic (exact) mass is 220 g/mol. The zero-order valence-electron chi connectivity index (χ0n) is 9.65. The maximum Gasteiger partial charge on any atom is 0.222 e. The number of rotatable bonds is 4. The number of nitrogens with two attached hydrogens (primary N) is 1. The van der Waals surface area contributed by atoms with Gasteiger partial charge in [0.1, 0.15) is 0 Å². The Morgan fingerprint density at radius 3 is 2.56 bits per heavy atom. The highest BCUT2D eigenvalue weighted by atomic mass is 15.1. The van der Waals surface area contributed by atoms with Gasteiger partial charge < -0.3 is 11.1 Å². The van der Waals surface area contributed by atoms with Gasteiger partial charge in [0.25, 0.3) is 0 Å². The fourth-order valence-corrected chi connectivity index (χ4v) is 2.29. The van der Waals surface area contributed by atoms with Crippen LogP contribution in [-0.4, -0.2) is 16.5 Å². The minimum Gasteiger partial charge on any atom is -0.396 e. The lowest BCUT2D eigenvalue weighted by Gasteiger charge is -2.21. The lowest BCUT2D eigenvalue weighted by Crippen LogP contribution is -2.13. The Morgan fingerprint density at radius 2 is 1.88 bits per heavy atom. The molecule has 0 atom stereocenters. The summed E-state index contributed by atoms with van der Waals surface area (Å²) >= 11 is 0. The average Bonchev–Trinajstić information content (AvgIpc) is 2.33. The molecule has 1 aliphatic carbocycles. The van der Waals surface area contributed by atoms with Gasteiger partial charge in [0.05, 0.1) is 18.1 Å². The van der Waals surface area contributed by atoms with Gasteiger partial charge in [-0.05, 0) is 12.3 Å². The Labute approximate surface area is 96.7 Å². The molecule has 1 aromatic rings. The van der Waals surface area contributed by atoms with E-state index in [0.29, 0.717) is 11.6 Å². The zero-order valence-corrected chi connectivity index (χ0v) is 9.65. The van der Waals surface area contributed by atoms with Crippen LogP contribution in [0.2, 0.25) is 0 Å². The highest BCUT2D eigenvalue weighted by Gasteiger charge is 2.12. The van der Waals surface area contributed by atoms with E-state index in [-0.39, 0.29) is 0 Å². The first-order chi connectivity index (χ1) is 7.84. The molecule has 0 unspecified atom stereocenters. The minimum atomic E-state index is 0.609. The first-order valence-corrected chi connectivity index (χ1v) is 6.16. The summed E-state index contributed by atoms with van der Waals surface area (Å²) in [4.78, 5) is 8.23. The van der Waals surface area contributed by atoms with Gasteiger partial charge >= 0.3 is 0 Å². The van der Waals surface area contributed by atoms with Crippen molar-refractivity contribution in [3.8, 4) is 0 Å². The Kier molecular flexibility index (Phi) is 3.97. The maximum absolute atomic E-state index is 5.52. The highest BCUT2D eigenvalue weighted by molar-refractivity contribution is 5.35. The Balaban J connectivity index is 1.69. The van der Waals surface area contributed by atoms with Crippen molar-refractivity contribution in [2.24, 2.45) is 5.92 Å². The Bertz CT molecular complexity index is 303. The van der Waals surface area contributed by atoms with Crippen LogP contribution in [0.1, 0.15) is 38.5 Å². The predicted octanol–water partition coefficient (Wildman–Crippen LogP) is 2.44. The fourth-order valence-electron chi connectivity index (χ4n) is 2.29. The molecular weight excluding hydrogens is 200 g/mol. The summed E-state index contributed by atoms with van der Waals surface area (Å²) in [5.41, 5.74) is 6.13. The van der Waals surface area contributed by atoms with Gasteiger partial charge in [-0.2, -0.15) is 0 Å². The van der Waals surface area contributed by atoms with Crippen LogP contribution in [0.15, 0.2) is 12.4 Å². The quantitative estimate of drug-likeness (QED) is 0.818. The number of anilines is 2. The summed E-state index contributed by atoms with van der Waals surface area (Å²) < 4.78 is 0. The van der Waals surface area contributed by atoms with Crippen LogP contribution >= 0.6 is 0 Å². The third-order valence-electron chi connectivity index (χ3n) is 3.23. The number of nitrogens with zero attached hydrogens (tertiary/aromatic N) is 2. The summed E-state index contributed by atoms with van der Waals surface area (Å²) in [7, 11) is 0. The number of nitrogens with one attached hydrogen (secondary N) is 1. The summed E-state index contributed by atoms with van der Waals surface area (Å²) in [5.74, 6) is 1.58. The highest BCUT2D eigenvalue weighted by Crippen LogP contribution is 2.25. The van der Waals surface area contributed by atoms with Gasteiger partial charge in [0.15, 0.2) is 0 Å². The second-order valence-electron chi connectivity index (χ2n) is 4.56. The molecule has 1 heterocycles. The summed E-state index contributed by atoms with van der Waals surface area (Å²) in [6.45, 7) is 0.967. The van der Waals surface area contributed by atoms with E-state index in [0.717, 1.165) is 12.5 Å². The van der Waals surface area contributed by atoms with E-state index in [2.05, 4.69) is 15.3 Å². The van der Waals surface area contributed by atoms with Gasteiger partial charge in [-0.25, -0.2) is 9.97 Å². The zero-order chi connectivity index (χ0) is 11.2. The van der Waals surface area contributed by atoms with E-state index in [1.807, 2.05) is 0 Å². The van der Waals surface area contributed by atoms with Crippen molar-refractivity contribution < 1.29 is 0 Å². The molecule has 2 rings (SSSR count). The van der Waals surface area contributed by atoms with E-state index in [4.69, 9.17) is 5.73 Å². The number of aromatic nitrogens is 2. The maximum atomic E-state index is 5.52. The molecule has 1 saturated carbocycles. The molecular formula is C12H20N4. The van der Waals surface area contributed by atoms with E-state index in [1.165, 1.54) is 38.5 Å². The van der Waals surface area contributed by atoms with Crippen molar-refractivity contribution in [2.75, 3.05) is 17.6 Å². The molecule has 0 spiro atoms. The van der Waals surface area contributed by atoms with Crippen LogP contribution in [0.3, 0.4) is 0 Å². The first kappa shape index (κ1) is 11.2. The topological polar surface area (TPSA) is 63.8 Å². The van der Waals surface area contributed by atoms with Crippen LogP contribution in [0.5, 0.6) is 0 Å². The number of hydrogen-bond donors (Lipinski definition) is 2. The Morgan fingerprint density at radius 1 is 1.19 bits per heavy atom. The first-order valence-electron chi connectivity index (χ1n) is 6.16. The van der Waals surface area contributed by atoms with Crippen molar-refractivity contribution in [3.05, 3.63) is 12.4 Å². The van der Waals surface area contributed by atoms with Gasteiger partial charge in [0.2, 0.25) is 5.95 Å². The lowest BCUT2D eigenvalue weighted by atomic mass is 9.87. The molecule has 0 radical (unpaired) electrons. The summed E-state index contributed by atoms with van der Waals surface area (Å²) in [5, 5.41) is 3.24. The van der Waals surface area contributed by atoms with Crippen molar-refractivity contribution in [1.82, 2.24) is 9.97 Å². The van der Waals surface area contributed by atoms with Gasteiger partial charge in [0, 0.05) is 6.54 Å². The van der Waals surface area contributed by atoms with Crippen LogP contribution in [0, 0.1) is 5.92 Å². The second-order valence-corrected chi connectivity index (χ2v) is 4.56. The average molecular weight is 220 g/mol. The molecule has 1 aromatic heterocycles. The molecule has 1 fully saturated rings. The van der Waals surface area contributed by atoms with Crippen LogP contribution in [-0.2, 0) is 0 Å². The SMILES string of the molecule is Nc1cnc(NCCC2CCCCC2)nc1. The van der Waals surface area contributed by atoms with Crippen molar-refractivity contribution in [3.63, 3.8) is 0 Å². The fraction of sp³-hybridized carbons (Fsp3) is 0.667. The van der Waals surface area contributed by atoms with Crippen LogP contribution in [0.4, 0.5) is 11.6 Å². The van der Waals surface area contributed by atoms with Crippen molar-refractivity contribution >= 4 is 11.6 Å². The largest absolute Gasteiger partial charge is 0.396 e. The third-order valence-corrected chi connectivity index (χ3v) is 3.23. The molecule has 0 amide bonds. The van der Waals surface area contributed by atoms with Crippen molar-refractivity contribution in [2.45, 2.75) is 38.5 Å². The molecule has 0 aromatic carbocycles. The minimum absolute atomic E-state index is 0.609. The van der Waals surface area contributed by atoms with Crippen LogP contribution < -0.4 is 11.1 Å². The Hall–Kier alpha value is -1.32.